The molecule has 0 aromatic carbocycles. The number of carbonyl (C=O) groups is 3. The summed E-state index contributed by atoms with van der Waals surface area (Å²) in [6.07, 6.45) is 9.02. The lowest BCUT2D eigenvalue weighted by atomic mass is 9.66. The van der Waals surface area contributed by atoms with Crippen LogP contribution < -0.4 is 0 Å². The summed E-state index contributed by atoms with van der Waals surface area (Å²) in [5.41, 5.74) is 0. The molecule has 7 nitrogen and oxygen atoms in total. The third-order valence-electron chi connectivity index (χ3n) is 9.18. The quantitative estimate of drug-likeness (QED) is 0.479. The number of thioether (sulfide) groups is 1. The van der Waals surface area contributed by atoms with Gasteiger partial charge in [-0.05, 0) is 38.5 Å². The van der Waals surface area contributed by atoms with Crippen molar-refractivity contribution in [3.8, 4) is 0 Å². The van der Waals surface area contributed by atoms with Gasteiger partial charge in [-0.1, -0.05) is 45.6 Å². The predicted octanol–water partition coefficient (Wildman–Crippen LogP) is 3.31. The zero-order valence-electron chi connectivity index (χ0n) is 20.7. The van der Waals surface area contributed by atoms with Crippen molar-refractivity contribution in [3.63, 3.8) is 0 Å². The van der Waals surface area contributed by atoms with Crippen LogP contribution in [0.25, 0.3) is 0 Å². The first-order valence-corrected chi connectivity index (χ1v) is 13.8. The van der Waals surface area contributed by atoms with Crippen LogP contribution in [0, 0.1) is 17.8 Å². The number of aliphatic hydroxyl groups excluding tert-OH is 1. The van der Waals surface area contributed by atoms with Crippen molar-refractivity contribution < 1.29 is 24.6 Å². The highest BCUT2D eigenvalue weighted by Crippen LogP contribution is 2.71. The molecule has 1 aliphatic carbocycles. The summed E-state index contributed by atoms with van der Waals surface area (Å²) < 4.78 is -1.32. The van der Waals surface area contributed by atoms with Crippen molar-refractivity contribution in [1.82, 2.24) is 9.80 Å². The smallest absolute Gasteiger partial charge is 0.308 e. The lowest BCUT2D eigenvalue weighted by Gasteiger charge is -2.43. The topological polar surface area (TPSA) is 98.2 Å². The fourth-order valence-corrected chi connectivity index (χ4v) is 9.63. The van der Waals surface area contributed by atoms with E-state index in [0.717, 1.165) is 32.1 Å². The van der Waals surface area contributed by atoms with Crippen molar-refractivity contribution in [2.24, 2.45) is 17.8 Å². The van der Waals surface area contributed by atoms with Gasteiger partial charge in [0, 0.05) is 17.3 Å². The largest absolute Gasteiger partial charge is 0.481 e. The van der Waals surface area contributed by atoms with Crippen molar-refractivity contribution in [2.45, 2.75) is 99.8 Å². The Balaban J connectivity index is 1.82. The Labute approximate surface area is 207 Å². The second-order valence-electron chi connectivity index (χ2n) is 11.0. The van der Waals surface area contributed by atoms with Crippen LogP contribution in [-0.4, -0.2) is 78.6 Å². The molecule has 3 heterocycles. The number of carboxylic acids is 1. The second kappa shape index (κ2) is 9.49. The zero-order chi connectivity index (χ0) is 24.8. The fourth-order valence-electron chi connectivity index (χ4n) is 7.30. The lowest BCUT2D eigenvalue weighted by Crippen LogP contribution is -2.60. The van der Waals surface area contributed by atoms with Crippen LogP contribution in [-0.2, 0) is 14.4 Å². The van der Waals surface area contributed by atoms with E-state index in [2.05, 4.69) is 6.58 Å². The van der Waals surface area contributed by atoms with E-state index in [1.807, 2.05) is 25.7 Å². The van der Waals surface area contributed by atoms with Gasteiger partial charge in [0.25, 0.3) is 0 Å². The van der Waals surface area contributed by atoms with Crippen LogP contribution in [0.2, 0.25) is 0 Å². The van der Waals surface area contributed by atoms with E-state index >= 15 is 0 Å². The molecule has 4 fully saturated rings. The Morgan fingerprint density at radius 3 is 2.53 bits per heavy atom. The number of likely N-dealkylation sites (tertiary alicyclic amines) is 1. The maximum absolute atomic E-state index is 14.5. The highest BCUT2D eigenvalue weighted by Gasteiger charge is 2.78. The van der Waals surface area contributed by atoms with E-state index in [1.54, 1.807) is 22.7 Å². The summed E-state index contributed by atoms with van der Waals surface area (Å²) in [7, 11) is 0. The highest BCUT2D eigenvalue weighted by molar-refractivity contribution is 8.02. The summed E-state index contributed by atoms with van der Waals surface area (Å²) in [5.74, 6) is -2.88. The second-order valence-corrected chi connectivity index (χ2v) is 12.9. The first-order valence-electron chi connectivity index (χ1n) is 12.9. The Kier molecular flexibility index (Phi) is 7.13. The minimum Gasteiger partial charge on any atom is -0.481 e. The van der Waals surface area contributed by atoms with Crippen molar-refractivity contribution in [1.29, 1.82) is 0 Å². The monoisotopic (exact) mass is 492 g/mol. The number of aliphatic hydroxyl groups is 1. The van der Waals surface area contributed by atoms with Crippen molar-refractivity contribution in [2.75, 3.05) is 13.2 Å². The number of carboxylic acid groups (broad SMARTS) is 1. The van der Waals surface area contributed by atoms with Crippen LogP contribution in [0.15, 0.2) is 12.7 Å². The molecule has 4 aliphatic rings. The minimum absolute atomic E-state index is 0.0110. The molecule has 3 aliphatic heterocycles. The van der Waals surface area contributed by atoms with E-state index < -0.39 is 39.4 Å². The number of amides is 2. The molecule has 0 radical (unpaired) electrons. The molecule has 8 heteroatoms. The molecule has 2 amide bonds. The number of rotatable bonds is 9. The van der Waals surface area contributed by atoms with Gasteiger partial charge < -0.3 is 20.0 Å². The fraction of sp³-hybridized carbons (Fsp3) is 0.808. The third kappa shape index (κ3) is 3.71. The average molecular weight is 493 g/mol. The van der Waals surface area contributed by atoms with Gasteiger partial charge in [0.1, 0.15) is 6.04 Å². The number of fused-ring (bicyclic) bond motifs is 1. The van der Waals surface area contributed by atoms with Crippen LogP contribution in [0.4, 0.5) is 0 Å². The van der Waals surface area contributed by atoms with Crippen molar-refractivity contribution >= 4 is 29.5 Å². The maximum atomic E-state index is 14.5. The molecular weight excluding hydrogens is 452 g/mol. The Hall–Kier alpha value is -1.54. The molecule has 1 saturated carbocycles. The summed E-state index contributed by atoms with van der Waals surface area (Å²) in [4.78, 5) is 44.5. The molecule has 2 N–H and O–H groups in total. The summed E-state index contributed by atoms with van der Waals surface area (Å²) in [6, 6.07) is -1.16. The Bertz CT molecular complexity index is 845. The first kappa shape index (κ1) is 25.5. The van der Waals surface area contributed by atoms with E-state index in [1.165, 1.54) is 6.42 Å². The molecule has 2 unspecified atom stereocenters. The molecule has 4 rings (SSSR count). The van der Waals surface area contributed by atoms with E-state index in [-0.39, 0.29) is 30.4 Å². The summed E-state index contributed by atoms with van der Waals surface area (Å²) >= 11 is 1.56. The van der Waals surface area contributed by atoms with Gasteiger partial charge >= 0.3 is 5.97 Å². The molecule has 0 aromatic heterocycles. The van der Waals surface area contributed by atoms with Gasteiger partial charge in [-0.25, -0.2) is 0 Å². The Morgan fingerprint density at radius 2 is 1.97 bits per heavy atom. The molecule has 190 valence electrons. The van der Waals surface area contributed by atoms with E-state index in [9.17, 15) is 24.6 Å². The molecule has 1 spiro atoms. The number of nitrogens with zero attached hydrogens (tertiary/aromatic N) is 2. The zero-order valence-corrected chi connectivity index (χ0v) is 21.6. The molecule has 0 aromatic rings. The summed E-state index contributed by atoms with van der Waals surface area (Å²) in [6.45, 7) is 10.0. The number of carbonyl (C=O) groups excluding carboxylic acids is 2. The van der Waals surface area contributed by atoms with Crippen LogP contribution in [0.5, 0.6) is 0 Å². The first-order chi connectivity index (χ1) is 16.2. The number of hydrogen-bond acceptors (Lipinski definition) is 5. The van der Waals surface area contributed by atoms with Crippen LogP contribution in [0.1, 0.15) is 72.1 Å². The molecule has 3 saturated heterocycles. The molecule has 34 heavy (non-hydrogen) atoms. The lowest BCUT2D eigenvalue weighted by molar-refractivity contribution is -0.151. The third-order valence-corrected chi connectivity index (χ3v) is 11.2. The predicted molar refractivity (Wildman–Crippen MR) is 132 cm³/mol. The molecule has 7 atom stereocenters. The standard InChI is InChI=1S/C26H40N2O5S/c1-5-14-27(17-10-8-7-9-11-17)23(31)21-26-13-12-25(4,34-26)20(24(32)33)19(26)22(30)28(21)18(15-29)16(3)6-2/h5,16-21,29H,1,6-15H2,2-4H3,(H,32,33)/t16-,18-,19-,20-,21?,25+,26?/m0/s1. The highest BCUT2D eigenvalue weighted by atomic mass is 32.2. The Morgan fingerprint density at radius 1 is 1.29 bits per heavy atom. The van der Waals surface area contributed by atoms with Gasteiger partial charge in [0.2, 0.25) is 11.8 Å². The molecule has 2 bridgehead atoms. The minimum atomic E-state index is -0.956. The number of hydrogen-bond donors (Lipinski definition) is 2. The number of aliphatic carboxylic acids is 1. The normalized spacial score (nSPS) is 36.9. The SMILES string of the molecule is C=CCN(C(=O)C1N([C@@H](CO)[C@@H](C)CC)C(=O)[C@@H]2[C@@H](C(=O)O)[C@@]3(C)CCC12S3)C1CCCCC1. The van der Waals surface area contributed by atoms with Gasteiger partial charge in [0.05, 0.1) is 29.2 Å². The van der Waals surface area contributed by atoms with Gasteiger partial charge in [-0.2, -0.15) is 0 Å². The summed E-state index contributed by atoms with van der Waals surface area (Å²) in [5, 5.41) is 20.6. The van der Waals surface area contributed by atoms with E-state index in [4.69, 9.17) is 0 Å². The maximum Gasteiger partial charge on any atom is 0.308 e. The van der Waals surface area contributed by atoms with Crippen LogP contribution >= 0.6 is 11.8 Å². The van der Waals surface area contributed by atoms with Crippen LogP contribution in [0.3, 0.4) is 0 Å². The van der Waals surface area contributed by atoms with Gasteiger partial charge in [-0.15, -0.1) is 18.3 Å². The molecular formula is C26H40N2O5S. The average Bonchev–Trinajstić information content (AvgIpc) is 3.39. The van der Waals surface area contributed by atoms with Crippen molar-refractivity contribution in [3.05, 3.63) is 12.7 Å². The van der Waals surface area contributed by atoms with Gasteiger partial charge in [-0.3, -0.25) is 14.4 Å². The van der Waals surface area contributed by atoms with Gasteiger partial charge in [0.15, 0.2) is 0 Å². The van der Waals surface area contributed by atoms with E-state index in [0.29, 0.717) is 19.4 Å².